The number of nitrogens with zero attached hydrogens (tertiary/aromatic N) is 4. The number of rotatable bonds is 6. The van der Waals surface area contributed by atoms with Crippen LogP contribution in [-0.4, -0.2) is 81.5 Å². The van der Waals surface area contributed by atoms with Crippen LogP contribution in [0.15, 0.2) is 63.9 Å². The average molecular weight is 576 g/mol. The fourth-order valence-electron chi connectivity index (χ4n) is 4.85. The zero-order valence-corrected chi connectivity index (χ0v) is 26.9. The van der Waals surface area contributed by atoms with Crippen molar-refractivity contribution in [2.24, 2.45) is 4.99 Å². The third-order valence-corrected chi connectivity index (χ3v) is 9.63. The molecule has 0 saturated carbocycles. The predicted octanol–water partition coefficient (Wildman–Crippen LogP) is 5.42. The number of benzene rings is 1. The van der Waals surface area contributed by atoms with Gasteiger partial charge >= 0.3 is 0 Å². The van der Waals surface area contributed by atoms with Crippen molar-refractivity contribution in [1.29, 1.82) is 0 Å². The predicted molar refractivity (Wildman–Crippen MR) is 168 cm³/mol. The number of aliphatic imine (C=N–C) groups is 1. The van der Waals surface area contributed by atoms with Gasteiger partial charge < -0.3 is 19.9 Å². The highest BCUT2D eigenvalue weighted by molar-refractivity contribution is 7.98. The third kappa shape index (κ3) is 7.05. The molecule has 1 N–H and O–H groups in total. The SMILES string of the molecule is C=C(NCc1ccc(F)cc1S(=C)(=O)N1CCN(C)C(C)C1)C1=C(C)C(=C)N2CCOC(C)(C)C2=N1.CC.CC. The minimum atomic E-state index is -2.87. The zero-order chi connectivity index (χ0) is 30.4. The zero-order valence-electron chi connectivity index (χ0n) is 26.1. The van der Waals surface area contributed by atoms with Crippen LogP contribution < -0.4 is 5.32 Å². The second kappa shape index (κ2) is 13.9. The lowest BCUT2D eigenvalue weighted by Gasteiger charge is -2.44. The van der Waals surface area contributed by atoms with Crippen LogP contribution in [0.4, 0.5) is 4.39 Å². The molecule has 0 amide bonds. The van der Waals surface area contributed by atoms with E-state index in [9.17, 15) is 8.60 Å². The number of halogens is 1. The van der Waals surface area contributed by atoms with Gasteiger partial charge in [0.1, 0.15) is 17.3 Å². The molecule has 9 heteroatoms. The monoisotopic (exact) mass is 575 g/mol. The summed E-state index contributed by atoms with van der Waals surface area (Å²) in [5.74, 6) is 4.45. The molecule has 2 saturated heterocycles. The maximum atomic E-state index is 14.3. The lowest BCUT2D eigenvalue weighted by atomic mass is 9.99. The Kier molecular flexibility index (Phi) is 11.8. The van der Waals surface area contributed by atoms with Crippen molar-refractivity contribution in [2.75, 3.05) is 39.8 Å². The number of hydrogen-bond donors (Lipinski definition) is 1. The summed E-state index contributed by atoms with van der Waals surface area (Å²) >= 11 is 0. The van der Waals surface area contributed by atoms with Crippen LogP contribution in [0.25, 0.3) is 0 Å². The minimum absolute atomic E-state index is 0.234. The number of piperazine rings is 1. The van der Waals surface area contributed by atoms with Gasteiger partial charge in [-0.25, -0.2) is 17.9 Å². The quantitative estimate of drug-likeness (QED) is 0.459. The van der Waals surface area contributed by atoms with Crippen LogP contribution >= 0.6 is 0 Å². The second-order valence-corrected chi connectivity index (χ2v) is 12.5. The first kappa shape index (κ1) is 33.7. The Labute approximate surface area is 242 Å². The molecule has 1 aromatic rings. The molecule has 0 aliphatic carbocycles. The summed E-state index contributed by atoms with van der Waals surface area (Å²) in [6.45, 7) is 28.2. The van der Waals surface area contributed by atoms with Crippen LogP contribution in [0.3, 0.4) is 0 Å². The van der Waals surface area contributed by atoms with Crippen LogP contribution in [0, 0.1) is 5.82 Å². The first-order chi connectivity index (χ1) is 18.8. The molecule has 2 unspecified atom stereocenters. The lowest BCUT2D eigenvalue weighted by molar-refractivity contribution is -0.000362. The average Bonchev–Trinajstić information content (AvgIpc) is 2.93. The van der Waals surface area contributed by atoms with E-state index < -0.39 is 21.1 Å². The number of likely N-dealkylation sites (N-methyl/N-ethyl adjacent to an activating group) is 1. The molecule has 0 aromatic heterocycles. The van der Waals surface area contributed by atoms with E-state index in [-0.39, 0.29) is 6.04 Å². The molecule has 2 fully saturated rings. The van der Waals surface area contributed by atoms with Crippen molar-refractivity contribution in [3.8, 4) is 0 Å². The molecular formula is C31H50FN5O2S. The molecule has 0 bridgehead atoms. The van der Waals surface area contributed by atoms with E-state index in [0.29, 0.717) is 54.6 Å². The molecule has 224 valence electrons. The van der Waals surface area contributed by atoms with Crippen molar-refractivity contribution >= 4 is 21.4 Å². The number of ether oxygens (including phenoxy) is 1. The van der Waals surface area contributed by atoms with Crippen LogP contribution in [0.1, 0.15) is 61.0 Å². The van der Waals surface area contributed by atoms with E-state index in [1.807, 2.05) is 52.8 Å². The van der Waals surface area contributed by atoms with Gasteiger partial charge in [-0.15, -0.1) is 0 Å². The fraction of sp³-hybridized carbons (Fsp3) is 0.548. The molecule has 7 nitrogen and oxygen atoms in total. The maximum absolute atomic E-state index is 14.3. The van der Waals surface area contributed by atoms with Crippen molar-refractivity contribution in [2.45, 2.75) is 78.5 Å². The summed E-state index contributed by atoms with van der Waals surface area (Å²) in [5.41, 5.74) is 3.30. The third-order valence-electron chi connectivity index (χ3n) is 7.39. The topological polar surface area (TPSA) is 60.4 Å². The van der Waals surface area contributed by atoms with Crippen molar-refractivity contribution in [3.05, 3.63) is 65.4 Å². The normalized spacial score (nSPS) is 22.6. The maximum Gasteiger partial charge on any atom is 0.141 e. The minimum Gasteiger partial charge on any atom is -0.380 e. The van der Waals surface area contributed by atoms with Gasteiger partial charge in [0.05, 0.1) is 32.6 Å². The molecule has 4 rings (SSSR count). The Bertz CT molecular complexity index is 1250. The first-order valence-corrected chi connectivity index (χ1v) is 16.0. The molecule has 2 atom stereocenters. The lowest BCUT2D eigenvalue weighted by Crippen LogP contribution is -2.54. The number of fused-ring (bicyclic) bond motifs is 1. The molecule has 3 aliphatic heterocycles. The molecule has 40 heavy (non-hydrogen) atoms. The van der Waals surface area contributed by atoms with Gasteiger partial charge in [0, 0.05) is 44.5 Å². The van der Waals surface area contributed by atoms with Gasteiger partial charge in [0.25, 0.3) is 0 Å². The first-order valence-electron chi connectivity index (χ1n) is 14.3. The van der Waals surface area contributed by atoms with Gasteiger partial charge in [-0.3, -0.25) is 0 Å². The number of morpholine rings is 1. The number of hydrogen-bond acceptors (Lipinski definition) is 6. The van der Waals surface area contributed by atoms with Crippen LogP contribution in [-0.2, 0) is 21.0 Å². The molecule has 3 heterocycles. The standard InChI is InChI=1S/C27H38FN5O2S.2C2H6/c1-18-17-32(12-11-31(18)7)36(8,34)24-15-23(28)10-9-22(24)16-29-20(3)25-19(2)21(4)33-13-14-35-27(5,6)26(33)30-25;2*1-2/h9-10,15,18,29H,3-4,8,11-14,16-17H2,1-2,5-7H3;2*1-2H3. The summed E-state index contributed by atoms with van der Waals surface area (Å²) in [5, 5.41) is 3.33. The van der Waals surface area contributed by atoms with Gasteiger partial charge in [-0.2, -0.15) is 0 Å². The number of nitrogens with one attached hydrogen (secondary N) is 1. The van der Waals surface area contributed by atoms with E-state index >= 15 is 0 Å². The highest BCUT2D eigenvalue weighted by atomic mass is 32.2. The van der Waals surface area contributed by atoms with E-state index in [2.05, 4.69) is 48.1 Å². The summed E-state index contributed by atoms with van der Waals surface area (Å²) in [7, 11) is -0.824. The number of amidine groups is 1. The Morgan fingerprint density at radius 3 is 2.50 bits per heavy atom. The summed E-state index contributed by atoms with van der Waals surface area (Å²) < 4.78 is 36.1. The summed E-state index contributed by atoms with van der Waals surface area (Å²) in [6.07, 6.45) is 0. The van der Waals surface area contributed by atoms with Crippen molar-refractivity contribution in [1.82, 2.24) is 19.4 Å². The van der Waals surface area contributed by atoms with Crippen molar-refractivity contribution < 1.29 is 13.3 Å². The Morgan fingerprint density at radius 2 is 1.88 bits per heavy atom. The van der Waals surface area contributed by atoms with Gasteiger partial charge in [-0.1, -0.05) is 46.9 Å². The Hall–Kier alpha value is -2.46. The largest absolute Gasteiger partial charge is 0.380 e. The molecule has 0 spiro atoms. The smallest absolute Gasteiger partial charge is 0.141 e. The summed E-state index contributed by atoms with van der Waals surface area (Å²) in [6, 6.07) is 4.64. The van der Waals surface area contributed by atoms with Crippen molar-refractivity contribution in [3.63, 3.8) is 0 Å². The van der Waals surface area contributed by atoms with Crippen LogP contribution in [0.2, 0.25) is 0 Å². The highest BCUT2D eigenvalue weighted by Crippen LogP contribution is 2.34. The number of allylic oxidation sites excluding steroid dienone is 1. The second-order valence-electron chi connectivity index (χ2n) is 10.3. The van der Waals surface area contributed by atoms with Gasteiger partial charge in [-0.05, 0) is 63.9 Å². The molecular weight excluding hydrogens is 525 g/mol. The molecule has 1 aromatic carbocycles. The van der Waals surface area contributed by atoms with Crippen LogP contribution in [0.5, 0.6) is 0 Å². The van der Waals surface area contributed by atoms with E-state index in [1.165, 1.54) is 12.1 Å². The van der Waals surface area contributed by atoms with E-state index in [1.54, 1.807) is 6.07 Å². The molecule has 0 radical (unpaired) electrons. The van der Waals surface area contributed by atoms with Gasteiger partial charge in [0.2, 0.25) is 0 Å². The summed E-state index contributed by atoms with van der Waals surface area (Å²) in [4.78, 5) is 9.64. The van der Waals surface area contributed by atoms with Gasteiger partial charge in [0.15, 0.2) is 0 Å². The fourth-order valence-corrected chi connectivity index (χ4v) is 6.80. The van der Waals surface area contributed by atoms with E-state index in [4.69, 9.17) is 9.73 Å². The van der Waals surface area contributed by atoms with E-state index in [0.717, 1.165) is 23.7 Å². The Balaban J connectivity index is 0.00000134. The Morgan fingerprint density at radius 1 is 1.23 bits per heavy atom. The molecule has 3 aliphatic rings. The highest BCUT2D eigenvalue weighted by Gasteiger charge is 2.39.